The standard InChI is InChI=1S/C12H18N8/c1-12(2)4-5-19(6-12)10-16-9(13-3)17-11(18-10)20-8-14-7-15-20/h7-8H,4-6H2,1-3H3,(H,13,16,17,18). The van der Waals surface area contributed by atoms with E-state index in [1.54, 1.807) is 13.4 Å². The van der Waals surface area contributed by atoms with E-state index in [1.165, 1.54) is 11.0 Å². The number of anilines is 2. The van der Waals surface area contributed by atoms with Crippen molar-refractivity contribution in [3.63, 3.8) is 0 Å². The number of nitrogens with one attached hydrogen (secondary N) is 1. The SMILES string of the molecule is CNc1nc(N2CCC(C)(C)C2)nc(-n2cncn2)n1. The zero-order valence-corrected chi connectivity index (χ0v) is 11.9. The van der Waals surface area contributed by atoms with E-state index in [-0.39, 0.29) is 0 Å². The van der Waals surface area contributed by atoms with Crippen molar-refractivity contribution in [1.29, 1.82) is 0 Å². The van der Waals surface area contributed by atoms with Crippen molar-refractivity contribution in [2.24, 2.45) is 5.41 Å². The first-order valence-corrected chi connectivity index (χ1v) is 6.61. The highest BCUT2D eigenvalue weighted by Gasteiger charge is 2.31. The fraction of sp³-hybridized carbons (Fsp3) is 0.583. The van der Waals surface area contributed by atoms with Gasteiger partial charge in [-0.05, 0) is 11.8 Å². The van der Waals surface area contributed by atoms with Crippen LogP contribution in [0.5, 0.6) is 0 Å². The Balaban J connectivity index is 1.97. The van der Waals surface area contributed by atoms with Gasteiger partial charge >= 0.3 is 0 Å². The van der Waals surface area contributed by atoms with Crippen LogP contribution >= 0.6 is 0 Å². The second-order valence-corrected chi connectivity index (χ2v) is 5.68. The molecule has 0 spiro atoms. The quantitative estimate of drug-likeness (QED) is 0.883. The molecule has 1 N–H and O–H groups in total. The summed E-state index contributed by atoms with van der Waals surface area (Å²) in [4.78, 5) is 19.3. The Kier molecular flexibility index (Phi) is 3.00. The third kappa shape index (κ3) is 2.40. The van der Waals surface area contributed by atoms with Gasteiger partial charge in [-0.25, -0.2) is 4.98 Å². The first kappa shape index (κ1) is 12.8. The lowest BCUT2D eigenvalue weighted by atomic mass is 9.93. The number of hydrogen-bond donors (Lipinski definition) is 1. The third-order valence-corrected chi connectivity index (χ3v) is 3.42. The van der Waals surface area contributed by atoms with Crippen LogP contribution < -0.4 is 10.2 Å². The highest BCUT2D eigenvalue weighted by Crippen LogP contribution is 2.31. The molecule has 0 amide bonds. The van der Waals surface area contributed by atoms with Crippen LogP contribution in [0.4, 0.5) is 11.9 Å². The van der Waals surface area contributed by atoms with Gasteiger partial charge in [0.2, 0.25) is 11.9 Å². The van der Waals surface area contributed by atoms with Crippen molar-refractivity contribution in [1.82, 2.24) is 29.7 Å². The molecule has 8 heteroatoms. The summed E-state index contributed by atoms with van der Waals surface area (Å²) in [5.74, 6) is 1.69. The molecule has 0 atom stereocenters. The lowest BCUT2D eigenvalue weighted by Gasteiger charge is -2.20. The van der Waals surface area contributed by atoms with Crippen LogP contribution in [0.2, 0.25) is 0 Å². The molecule has 0 unspecified atom stereocenters. The Morgan fingerprint density at radius 3 is 2.60 bits per heavy atom. The molecule has 0 bridgehead atoms. The van der Waals surface area contributed by atoms with Crippen molar-refractivity contribution < 1.29 is 0 Å². The van der Waals surface area contributed by atoms with Crippen LogP contribution in [-0.2, 0) is 0 Å². The average Bonchev–Trinajstić information content (AvgIpc) is 3.07. The van der Waals surface area contributed by atoms with Crippen LogP contribution in [0.15, 0.2) is 12.7 Å². The first-order chi connectivity index (χ1) is 9.57. The Morgan fingerprint density at radius 2 is 2.00 bits per heavy atom. The number of nitrogens with zero attached hydrogens (tertiary/aromatic N) is 7. The highest BCUT2D eigenvalue weighted by molar-refractivity contribution is 5.40. The maximum atomic E-state index is 4.50. The van der Waals surface area contributed by atoms with Crippen LogP contribution in [0.25, 0.3) is 5.95 Å². The molecule has 3 rings (SSSR count). The first-order valence-electron chi connectivity index (χ1n) is 6.61. The molecule has 0 saturated carbocycles. The molecule has 2 aromatic heterocycles. The zero-order chi connectivity index (χ0) is 14.2. The van der Waals surface area contributed by atoms with Crippen molar-refractivity contribution in [3.05, 3.63) is 12.7 Å². The van der Waals surface area contributed by atoms with Gasteiger partial charge in [0.05, 0.1) is 0 Å². The predicted molar refractivity (Wildman–Crippen MR) is 74.9 cm³/mol. The fourth-order valence-corrected chi connectivity index (χ4v) is 2.30. The summed E-state index contributed by atoms with van der Waals surface area (Å²) >= 11 is 0. The van der Waals surface area contributed by atoms with Gasteiger partial charge in [-0.1, -0.05) is 13.8 Å². The molecule has 20 heavy (non-hydrogen) atoms. The zero-order valence-electron chi connectivity index (χ0n) is 11.9. The van der Waals surface area contributed by atoms with E-state index >= 15 is 0 Å². The second-order valence-electron chi connectivity index (χ2n) is 5.68. The van der Waals surface area contributed by atoms with E-state index in [0.717, 1.165) is 19.5 Å². The minimum atomic E-state index is 0.292. The molecule has 0 radical (unpaired) electrons. The van der Waals surface area contributed by atoms with E-state index in [1.807, 2.05) is 0 Å². The molecule has 1 fully saturated rings. The largest absolute Gasteiger partial charge is 0.357 e. The summed E-state index contributed by atoms with van der Waals surface area (Å²) in [6.07, 6.45) is 4.17. The highest BCUT2D eigenvalue weighted by atomic mass is 15.4. The monoisotopic (exact) mass is 274 g/mol. The molecule has 3 heterocycles. The summed E-state index contributed by atoms with van der Waals surface area (Å²) in [6, 6.07) is 0. The smallest absolute Gasteiger partial charge is 0.258 e. The van der Waals surface area contributed by atoms with Gasteiger partial charge in [0.25, 0.3) is 5.95 Å². The number of aromatic nitrogens is 6. The van der Waals surface area contributed by atoms with Crippen LogP contribution in [0, 0.1) is 5.41 Å². The van der Waals surface area contributed by atoms with Crippen molar-refractivity contribution in [2.45, 2.75) is 20.3 Å². The summed E-state index contributed by atoms with van der Waals surface area (Å²) < 4.78 is 1.53. The van der Waals surface area contributed by atoms with Gasteiger partial charge in [-0.3, -0.25) is 0 Å². The number of hydrogen-bond acceptors (Lipinski definition) is 7. The summed E-state index contributed by atoms with van der Waals surface area (Å²) in [7, 11) is 1.79. The molecule has 2 aromatic rings. The number of rotatable bonds is 3. The van der Waals surface area contributed by atoms with Crippen LogP contribution in [-0.4, -0.2) is 49.9 Å². The molecule has 1 saturated heterocycles. The van der Waals surface area contributed by atoms with Gasteiger partial charge in [0, 0.05) is 20.1 Å². The molecule has 8 nitrogen and oxygen atoms in total. The van der Waals surface area contributed by atoms with Gasteiger partial charge in [-0.15, -0.1) is 0 Å². The Bertz CT molecular complexity index is 592. The van der Waals surface area contributed by atoms with Gasteiger partial charge < -0.3 is 10.2 Å². The Labute approximate surface area is 117 Å². The Morgan fingerprint density at radius 1 is 1.20 bits per heavy atom. The molecular weight excluding hydrogens is 256 g/mol. The maximum Gasteiger partial charge on any atom is 0.258 e. The van der Waals surface area contributed by atoms with E-state index in [2.05, 4.69) is 49.1 Å². The van der Waals surface area contributed by atoms with E-state index < -0.39 is 0 Å². The van der Waals surface area contributed by atoms with Crippen LogP contribution in [0.3, 0.4) is 0 Å². The molecule has 1 aliphatic heterocycles. The lowest BCUT2D eigenvalue weighted by Crippen LogP contribution is -2.25. The van der Waals surface area contributed by atoms with Crippen LogP contribution in [0.1, 0.15) is 20.3 Å². The van der Waals surface area contributed by atoms with Crippen molar-refractivity contribution in [3.8, 4) is 5.95 Å². The molecular formula is C12H18N8. The molecule has 106 valence electrons. The molecule has 0 aliphatic carbocycles. The average molecular weight is 274 g/mol. The minimum Gasteiger partial charge on any atom is -0.357 e. The second kappa shape index (κ2) is 4.69. The Hall–Kier alpha value is -2.25. The van der Waals surface area contributed by atoms with Crippen molar-refractivity contribution >= 4 is 11.9 Å². The molecule has 0 aromatic carbocycles. The van der Waals surface area contributed by atoms with Crippen molar-refractivity contribution in [2.75, 3.05) is 30.4 Å². The van der Waals surface area contributed by atoms with E-state index in [4.69, 9.17) is 0 Å². The van der Waals surface area contributed by atoms with E-state index in [9.17, 15) is 0 Å². The summed E-state index contributed by atoms with van der Waals surface area (Å²) in [5.41, 5.74) is 0.292. The molecule has 1 aliphatic rings. The predicted octanol–water partition coefficient (Wildman–Crippen LogP) is 0.730. The lowest BCUT2D eigenvalue weighted by molar-refractivity contribution is 0.418. The fourth-order valence-electron chi connectivity index (χ4n) is 2.30. The topological polar surface area (TPSA) is 84.7 Å². The van der Waals surface area contributed by atoms with E-state index in [0.29, 0.717) is 23.3 Å². The third-order valence-electron chi connectivity index (χ3n) is 3.42. The summed E-state index contributed by atoms with van der Waals surface area (Å²) in [6.45, 7) is 6.41. The van der Waals surface area contributed by atoms with Gasteiger partial charge in [0.15, 0.2) is 0 Å². The van der Waals surface area contributed by atoms with Gasteiger partial charge in [0.1, 0.15) is 12.7 Å². The minimum absolute atomic E-state index is 0.292. The van der Waals surface area contributed by atoms with Gasteiger partial charge in [-0.2, -0.15) is 24.7 Å². The normalized spacial score (nSPS) is 17.4. The summed E-state index contributed by atoms with van der Waals surface area (Å²) in [5, 5.41) is 7.03. The maximum absolute atomic E-state index is 4.50.